The highest BCUT2D eigenvalue weighted by molar-refractivity contribution is 8.02. The number of rotatable bonds is 0. The number of hydrogen-bond donors (Lipinski definition) is 0. The van der Waals surface area contributed by atoms with Gasteiger partial charge in [-0.15, -0.1) is 11.8 Å². The van der Waals surface area contributed by atoms with Gasteiger partial charge < -0.3 is 0 Å². The number of aliphatic imine (C=N–C) groups is 1. The minimum atomic E-state index is 0.997. The van der Waals surface area contributed by atoms with Crippen LogP contribution in [0.2, 0.25) is 0 Å². The predicted octanol–water partition coefficient (Wildman–Crippen LogP) is 1.71. The molecule has 1 rings (SSSR count). The van der Waals surface area contributed by atoms with E-state index in [2.05, 4.69) is 10.4 Å². The Bertz CT molecular complexity index is 93.1. The molecule has 1 aliphatic heterocycles. The summed E-state index contributed by atoms with van der Waals surface area (Å²) in [4.78, 5) is 4.11. The summed E-state index contributed by atoms with van der Waals surface area (Å²) < 4.78 is 0. The second-order valence-electron chi connectivity index (χ2n) is 1.61. The van der Waals surface area contributed by atoms with Crippen molar-refractivity contribution in [2.24, 2.45) is 4.99 Å². The van der Waals surface area contributed by atoms with E-state index in [1.165, 1.54) is 12.2 Å². The third-order valence-corrected chi connectivity index (χ3v) is 1.79. The van der Waals surface area contributed by atoms with Crippen molar-refractivity contribution in [2.45, 2.75) is 6.42 Å². The van der Waals surface area contributed by atoms with E-state index in [0.717, 1.165) is 6.54 Å². The molecule has 1 aliphatic rings. The molecule has 0 fully saturated rings. The SMILES string of the molecule is C1=NCCCS/C=C\1. The molecule has 0 aromatic rings. The number of allylic oxidation sites excluding steroid dienone is 1. The number of thioether (sulfide) groups is 1. The molecule has 0 atom stereocenters. The molecule has 0 N–H and O–H groups in total. The molecular formula is C6H9NS. The molecule has 44 valence electrons. The van der Waals surface area contributed by atoms with Crippen LogP contribution in [0.3, 0.4) is 0 Å². The highest BCUT2D eigenvalue weighted by atomic mass is 32.2. The summed E-state index contributed by atoms with van der Waals surface area (Å²) in [5.41, 5.74) is 0. The minimum absolute atomic E-state index is 0.997. The third kappa shape index (κ3) is 2.17. The summed E-state index contributed by atoms with van der Waals surface area (Å²) in [5, 5.41) is 2.09. The Morgan fingerprint density at radius 3 is 3.50 bits per heavy atom. The van der Waals surface area contributed by atoms with Gasteiger partial charge in [-0.1, -0.05) is 0 Å². The Morgan fingerprint density at radius 1 is 1.50 bits per heavy atom. The average molecular weight is 127 g/mol. The molecule has 0 aliphatic carbocycles. The molecule has 2 heteroatoms. The van der Waals surface area contributed by atoms with Gasteiger partial charge >= 0.3 is 0 Å². The maximum Gasteiger partial charge on any atom is 0.0397 e. The lowest BCUT2D eigenvalue weighted by atomic mass is 10.5. The van der Waals surface area contributed by atoms with Crippen LogP contribution in [-0.2, 0) is 0 Å². The van der Waals surface area contributed by atoms with Gasteiger partial charge in [-0.25, -0.2) is 0 Å². The first-order valence-corrected chi connectivity index (χ1v) is 3.81. The molecular weight excluding hydrogens is 118 g/mol. The Balaban J connectivity index is 2.33. The Labute approximate surface area is 53.9 Å². The van der Waals surface area contributed by atoms with Crippen molar-refractivity contribution in [2.75, 3.05) is 12.3 Å². The van der Waals surface area contributed by atoms with Crippen LogP contribution in [0.1, 0.15) is 6.42 Å². The fraction of sp³-hybridized carbons (Fsp3) is 0.500. The molecule has 1 nitrogen and oxygen atoms in total. The van der Waals surface area contributed by atoms with Gasteiger partial charge in [-0.05, 0) is 23.7 Å². The summed E-state index contributed by atoms with van der Waals surface area (Å²) in [7, 11) is 0. The van der Waals surface area contributed by atoms with E-state index >= 15 is 0 Å². The van der Waals surface area contributed by atoms with Gasteiger partial charge in [0.05, 0.1) is 0 Å². The smallest absolute Gasteiger partial charge is 0.0397 e. The van der Waals surface area contributed by atoms with Crippen LogP contribution in [-0.4, -0.2) is 18.5 Å². The van der Waals surface area contributed by atoms with Crippen molar-refractivity contribution >= 4 is 18.0 Å². The van der Waals surface area contributed by atoms with E-state index in [1.54, 1.807) is 0 Å². The van der Waals surface area contributed by atoms with Gasteiger partial charge in [-0.2, -0.15) is 0 Å². The molecule has 0 aromatic carbocycles. The van der Waals surface area contributed by atoms with Gasteiger partial charge in [0.15, 0.2) is 0 Å². The molecule has 0 spiro atoms. The third-order valence-electron chi connectivity index (χ3n) is 0.916. The van der Waals surface area contributed by atoms with Gasteiger partial charge in [-0.3, -0.25) is 4.99 Å². The van der Waals surface area contributed by atoms with Gasteiger partial charge in [0.25, 0.3) is 0 Å². The monoisotopic (exact) mass is 127 g/mol. The standard InChI is InChI=1S/C6H9NS/c1-3-7-4-2-6-8-5-1/h1,3,5H,2,4,6H2/b5-1-,7-3?. The fourth-order valence-corrected chi connectivity index (χ4v) is 1.15. The van der Waals surface area contributed by atoms with E-state index in [-0.39, 0.29) is 0 Å². The van der Waals surface area contributed by atoms with E-state index in [4.69, 9.17) is 0 Å². The quantitative estimate of drug-likeness (QED) is 0.482. The van der Waals surface area contributed by atoms with E-state index in [0.29, 0.717) is 0 Å². The maximum atomic E-state index is 4.11. The molecule has 0 amide bonds. The summed E-state index contributed by atoms with van der Waals surface area (Å²) >= 11 is 1.86. The summed E-state index contributed by atoms with van der Waals surface area (Å²) in [5.74, 6) is 1.22. The summed E-state index contributed by atoms with van der Waals surface area (Å²) in [6, 6.07) is 0. The van der Waals surface area contributed by atoms with Crippen LogP contribution in [0.15, 0.2) is 16.5 Å². The molecule has 0 aromatic heterocycles. The minimum Gasteiger partial charge on any atom is -0.293 e. The first kappa shape index (κ1) is 5.89. The van der Waals surface area contributed by atoms with Crippen LogP contribution in [0.5, 0.6) is 0 Å². The average Bonchev–Trinajstić information content (AvgIpc) is 1.62. The largest absolute Gasteiger partial charge is 0.293 e. The molecule has 8 heavy (non-hydrogen) atoms. The lowest BCUT2D eigenvalue weighted by Crippen LogP contribution is -1.85. The second-order valence-corrected chi connectivity index (χ2v) is 2.62. The van der Waals surface area contributed by atoms with Crippen LogP contribution in [0.4, 0.5) is 0 Å². The van der Waals surface area contributed by atoms with Crippen LogP contribution in [0, 0.1) is 0 Å². The zero-order valence-corrected chi connectivity index (χ0v) is 5.53. The van der Waals surface area contributed by atoms with Crippen LogP contribution < -0.4 is 0 Å². The van der Waals surface area contributed by atoms with Crippen molar-refractivity contribution in [3.8, 4) is 0 Å². The summed E-state index contributed by atoms with van der Waals surface area (Å²) in [6.45, 7) is 0.997. The first-order valence-electron chi connectivity index (χ1n) is 2.77. The zero-order chi connectivity index (χ0) is 5.66. The molecule has 0 saturated heterocycles. The van der Waals surface area contributed by atoms with Crippen molar-refractivity contribution < 1.29 is 0 Å². The van der Waals surface area contributed by atoms with Gasteiger partial charge in [0, 0.05) is 12.8 Å². The Morgan fingerprint density at radius 2 is 2.50 bits per heavy atom. The van der Waals surface area contributed by atoms with Crippen molar-refractivity contribution in [3.05, 3.63) is 11.5 Å². The second kappa shape index (κ2) is 3.72. The Kier molecular flexibility index (Phi) is 2.74. The van der Waals surface area contributed by atoms with E-state index in [1.807, 2.05) is 24.1 Å². The highest BCUT2D eigenvalue weighted by Crippen LogP contribution is 2.04. The van der Waals surface area contributed by atoms with E-state index in [9.17, 15) is 0 Å². The lowest BCUT2D eigenvalue weighted by Gasteiger charge is -1.94. The number of nitrogens with zero attached hydrogens (tertiary/aromatic N) is 1. The fourth-order valence-electron chi connectivity index (χ4n) is 0.533. The molecule has 0 bridgehead atoms. The van der Waals surface area contributed by atoms with Gasteiger partial charge in [0.2, 0.25) is 0 Å². The van der Waals surface area contributed by atoms with Crippen molar-refractivity contribution in [1.82, 2.24) is 0 Å². The summed E-state index contributed by atoms with van der Waals surface area (Å²) in [6.07, 6.45) is 5.07. The Hall–Kier alpha value is -0.240. The first-order chi connectivity index (χ1) is 4.00. The van der Waals surface area contributed by atoms with Crippen molar-refractivity contribution in [3.63, 3.8) is 0 Å². The number of hydrogen-bond acceptors (Lipinski definition) is 2. The van der Waals surface area contributed by atoms with Crippen molar-refractivity contribution in [1.29, 1.82) is 0 Å². The molecule has 0 saturated carbocycles. The zero-order valence-electron chi connectivity index (χ0n) is 4.71. The molecule has 0 unspecified atom stereocenters. The molecule has 0 radical (unpaired) electrons. The lowest BCUT2D eigenvalue weighted by molar-refractivity contribution is 0.949. The normalized spacial score (nSPS) is 24.0. The molecule has 1 heterocycles. The topological polar surface area (TPSA) is 12.4 Å². The highest BCUT2D eigenvalue weighted by Gasteiger charge is 1.84. The van der Waals surface area contributed by atoms with E-state index < -0.39 is 0 Å². The van der Waals surface area contributed by atoms with Crippen LogP contribution >= 0.6 is 11.8 Å². The predicted molar refractivity (Wildman–Crippen MR) is 39.6 cm³/mol. The van der Waals surface area contributed by atoms with Gasteiger partial charge in [0.1, 0.15) is 0 Å². The van der Waals surface area contributed by atoms with Crippen LogP contribution in [0.25, 0.3) is 0 Å². The maximum absolute atomic E-state index is 4.11.